The second kappa shape index (κ2) is 12.0. The van der Waals surface area contributed by atoms with Gasteiger partial charge in [-0.05, 0) is 0 Å². The number of nitrogens with zero attached hydrogens (tertiary/aromatic N) is 2. The zero-order valence-corrected chi connectivity index (χ0v) is 27.1. The summed E-state index contributed by atoms with van der Waals surface area (Å²) in [5.74, 6) is 1.03. The summed E-state index contributed by atoms with van der Waals surface area (Å²) in [6.45, 7) is 21.8. The van der Waals surface area contributed by atoms with Crippen molar-refractivity contribution in [2.75, 3.05) is 6.54 Å². The van der Waals surface area contributed by atoms with E-state index in [1.165, 1.54) is 36.7 Å². The number of alkyl halides is 2. The first-order valence-corrected chi connectivity index (χ1v) is 18.3. The third-order valence-electron chi connectivity index (χ3n) is 9.20. The molecule has 0 unspecified atom stereocenters. The van der Waals surface area contributed by atoms with Gasteiger partial charge in [-0.25, -0.2) is 0 Å². The summed E-state index contributed by atoms with van der Waals surface area (Å²) in [6, 6.07) is 37.3. The van der Waals surface area contributed by atoms with Gasteiger partial charge in [0.05, 0.1) is 0 Å². The van der Waals surface area contributed by atoms with E-state index in [1.807, 2.05) is 0 Å². The Morgan fingerprint density at radius 1 is 0.881 bits per heavy atom. The quantitative estimate of drug-likeness (QED) is 0.115. The van der Waals surface area contributed by atoms with E-state index in [0.717, 1.165) is 38.3 Å². The van der Waals surface area contributed by atoms with Crippen molar-refractivity contribution < 1.29 is 0 Å². The first-order chi connectivity index (χ1) is 20.4. The molecule has 4 aromatic rings. The molecule has 0 radical (unpaired) electrons. The van der Waals surface area contributed by atoms with Crippen molar-refractivity contribution in [2.45, 2.75) is 53.3 Å². The number of fused-ring (bicyclic) bond motifs is 2. The number of halogens is 1. The van der Waals surface area contributed by atoms with Gasteiger partial charge in [0, 0.05) is 0 Å². The molecule has 0 aliphatic carbocycles. The normalized spacial score (nSPS) is 23.1. The number of hydrogen-bond acceptors (Lipinski definition) is 3. The SMILES string of the molecule is C=C1[C@H](Cc2ccccc2)I2C(=C)CCN(C(=C)NCc3ccccc3)[C@@]2(C)[C@H](C)N1Cc1cccc2ccccc12. The zero-order chi connectivity index (χ0) is 29.3. The summed E-state index contributed by atoms with van der Waals surface area (Å²) in [7, 11) is 0. The van der Waals surface area contributed by atoms with Crippen LogP contribution >= 0.6 is 19.8 Å². The average molecular weight is 668 g/mol. The van der Waals surface area contributed by atoms with Gasteiger partial charge < -0.3 is 0 Å². The Bertz CT molecular complexity index is 1590. The van der Waals surface area contributed by atoms with Gasteiger partial charge in [-0.1, -0.05) is 0 Å². The van der Waals surface area contributed by atoms with Crippen molar-refractivity contribution in [3.8, 4) is 0 Å². The second-order valence-electron chi connectivity index (χ2n) is 11.6. The van der Waals surface area contributed by atoms with Crippen LogP contribution in [0.1, 0.15) is 37.0 Å². The van der Waals surface area contributed by atoms with Crippen LogP contribution in [-0.4, -0.2) is 29.9 Å². The van der Waals surface area contributed by atoms with Crippen LogP contribution in [0.25, 0.3) is 10.8 Å². The molecule has 2 aliphatic rings. The standard InChI is InChI=1S/C38H42IN3/c1-28-23-24-42(31(4)40-26-33-17-10-7-11-18-33)38(5)30(3)41(27-35-21-14-20-34-19-12-13-22-36(34)35)29(2)37(39(28)38)25-32-15-8-6-9-16-32/h6-22,30,37,40H,1-2,4,23-27H2,3,5H3/t30-,37-,38-/m0/s1. The van der Waals surface area contributed by atoms with E-state index >= 15 is 0 Å². The van der Waals surface area contributed by atoms with E-state index in [1.54, 1.807) is 0 Å². The fourth-order valence-electron chi connectivity index (χ4n) is 6.78. The monoisotopic (exact) mass is 667 g/mol. The Labute approximate surface area is 259 Å². The molecule has 0 spiro atoms. The Morgan fingerprint density at radius 2 is 1.52 bits per heavy atom. The van der Waals surface area contributed by atoms with Crippen molar-refractivity contribution in [1.82, 2.24) is 15.1 Å². The molecule has 2 aliphatic heterocycles. The average Bonchev–Trinajstić information content (AvgIpc) is 3.02. The molecule has 1 N–H and O–H groups in total. The molecule has 0 saturated carbocycles. The Morgan fingerprint density at radius 3 is 2.26 bits per heavy atom. The van der Waals surface area contributed by atoms with Gasteiger partial charge >= 0.3 is 260 Å². The summed E-state index contributed by atoms with van der Waals surface area (Å²) in [5.41, 5.74) is 5.29. The van der Waals surface area contributed by atoms with Gasteiger partial charge in [0.1, 0.15) is 0 Å². The Balaban J connectivity index is 1.39. The van der Waals surface area contributed by atoms with E-state index in [2.05, 4.69) is 139 Å². The molecule has 3 nitrogen and oxygen atoms in total. The molecule has 6 rings (SSSR count). The minimum absolute atomic E-state index is 0.0642. The number of nitrogens with one attached hydrogen (secondary N) is 1. The Hall–Kier alpha value is -3.51. The predicted molar refractivity (Wildman–Crippen MR) is 187 cm³/mol. The molecule has 216 valence electrons. The van der Waals surface area contributed by atoms with Crippen LogP contribution in [0.4, 0.5) is 0 Å². The Kier molecular flexibility index (Phi) is 8.17. The van der Waals surface area contributed by atoms with Gasteiger partial charge in [-0.15, -0.1) is 0 Å². The molecular formula is C38H42IN3. The van der Waals surface area contributed by atoms with Crippen molar-refractivity contribution in [1.29, 1.82) is 0 Å². The summed E-state index contributed by atoms with van der Waals surface area (Å²) in [6.07, 6.45) is 2.04. The minimum atomic E-state index is -1.91. The number of rotatable bonds is 8. The van der Waals surface area contributed by atoms with Gasteiger partial charge in [0.15, 0.2) is 0 Å². The van der Waals surface area contributed by atoms with E-state index in [0.29, 0.717) is 3.92 Å². The summed E-state index contributed by atoms with van der Waals surface area (Å²) >= 11 is -1.91. The predicted octanol–water partition coefficient (Wildman–Crippen LogP) is 8.87. The number of hydrogen-bond donors (Lipinski definition) is 1. The molecule has 0 bridgehead atoms. The van der Waals surface area contributed by atoms with Crippen molar-refractivity contribution in [3.05, 3.63) is 155 Å². The van der Waals surface area contributed by atoms with Gasteiger partial charge in [0.2, 0.25) is 0 Å². The molecule has 42 heavy (non-hydrogen) atoms. The summed E-state index contributed by atoms with van der Waals surface area (Å²) < 4.78 is 1.82. The maximum atomic E-state index is 4.87. The van der Waals surface area contributed by atoms with Crippen LogP contribution < -0.4 is 5.32 Å². The molecule has 0 aromatic heterocycles. The molecule has 4 heteroatoms. The van der Waals surface area contributed by atoms with Crippen LogP contribution in [0.3, 0.4) is 0 Å². The number of benzene rings is 4. The van der Waals surface area contributed by atoms with Crippen LogP contribution in [0.5, 0.6) is 0 Å². The van der Waals surface area contributed by atoms with Gasteiger partial charge in [-0.3, -0.25) is 0 Å². The van der Waals surface area contributed by atoms with E-state index in [-0.39, 0.29) is 9.59 Å². The topological polar surface area (TPSA) is 18.5 Å². The van der Waals surface area contributed by atoms with E-state index in [4.69, 9.17) is 13.2 Å². The van der Waals surface area contributed by atoms with Crippen LogP contribution in [0.15, 0.2) is 138 Å². The summed E-state index contributed by atoms with van der Waals surface area (Å²) in [5, 5.41) is 6.33. The van der Waals surface area contributed by atoms with Crippen molar-refractivity contribution in [3.63, 3.8) is 0 Å². The molecule has 2 heterocycles. The van der Waals surface area contributed by atoms with Crippen LogP contribution in [0, 0.1) is 0 Å². The fraction of sp³-hybridized carbons (Fsp3) is 0.263. The van der Waals surface area contributed by atoms with E-state index in [9.17, 15) is 0 Å². The molecular weight excluding hydrogens is 625 g/mol. The van der Waals surface area contributed by atoms with Crippen LogP contribution in [-0.2, 0) is 19.5 Å². The summed E-state index contributed by atoms with van der Waals surface area (Å²) in [4.78, 5) is 5.25. The number of allylic oxidation sites excluding steroid dienone is 1. The van der Waals surface area contributed by atoms with E-state index < -0.39 is 19.8 Å². The van der Waals surface area contributed by atoms with Crippen molar-refractivity contribution >= 4 is 30.6 Å². The molecule has 2 fully saturated rings. The maximum absolute atomic E-state index is 4.87. The first kappa shape index (κ1) is 28.6. The molecule has 2 saturated heterocycles. The molecule has 4 aromatic carbocycles. The fourth-order valence-corrected chi connectivity index (χ4v) is 16.2. The van der Waals surface area contributed by atoms with Gasteiger partial charge in [0.25, 0.3) is 0 Å². The first-order valence-electron chi connectivity index (χ1n) is 14.9. The zero-order valence-electron chi connectivity index (χ0n) is 24.9. The third-order valence-corrected chi connectivity index (χ3v) is 17.9. The third kappa shape index (κ3) is 5.26. The van der Waals surface area contributed by atoms with Crippen LogP contribution in [0.2, 0.25) is 0 Å². The molecule has 3 atom stereocenters. The van der Waals surface area contributed by atoms with Crippen molar-refractivity contribution in [2.24, 2.45) is 0 Å². The van der Waals surface area contributed by atoms with Gasteiger partial charge in [-0.2, -0.15) is 0 Å². The molecule has 0 amide bonds. The second-order valence-corrected chi connectivity index (χ2v) is 18.6.